The summed E-state index contributed by atoms with van der Waals surface area (Å²) in [5, 5.41) is 8.14. The van der Waals surface area contributed by atoms with Crippen molar-refractivity contribution in [2.45, 2.75) is 63.3 Å². The van der Waals surface area contributed by atoms with Gasteiger partial charge in [-0.2, -0.15) is 36.4 Å². The molecule has 7 nitrogen and oxygen atoms in total. The van der Waals surface area contributed by atoms with E-state index in [0.29, 0.717) is 31.3 Å². The Kier molecular flexibility index (Phi) is 5.95. The van der Waals surface area contributed by atoms with Gasteiger partial charge in [0, 0.05) is 25.4 Å². The minimum Gasteiger partial charge on any atom is -0.324 e. The van der Waals surface area contributed by atoms with Crippen molar-refractivity contribution < 1.29 is 30.9 Å². The summed E-state index contributed by atoms with van der Waals surface area (Å²) in [6, 6.07) is 3.60. The monoisotopic (exact) mass is 540 g/mol. The fourth-order valence-corrected chi connectivity index (χ4v) is 6.62. The maximum Gasteiger partial charge on any atom is 0.416 e. The van der Waals surface area contributed by atoms with E-state index in [0.717, 1.165) is 23.6 Å². The third kappa shape index (κ3) is 4.43. The molecule has 2 bridgehead atoms. The number of rotatable bonds is 4. The summed E-state index contributed by atoms with van der Waals surface area (Å²) >= 11 is 0. The van der Waals surface area contributed by atoms with Gasteiger partial charge < -0.3 is 9.42 Å². The van der Waals surface area contributed by atoms with Gasteiger partial charge in [-0.15, -0.1) is 0 Å². The molecule has 6 rings (SSSR count). The van der Waals surface area contributed by atoms with E-state index in [1.165, 1.54) is 18.2 Å². The van der Waals surface area contributed by atoms with E-state index < -0.39 is 29.9 Å². The van der Waals surface area contributed by atoms with Gasteiger partial charge >= 0.3 is 18.4 Å². The number of aryl methyl sites for hydroxylation is 1. The van der Waals surface area contributed by atoms with Crippen LogP contribution in [0.25, 0.3) is 0 Å². The van der Waals surface area contributed by atoms with Gasteiger partial charge in [-0.05, 0) is 62.0 Å². The van der Waals surface area contributed by atoms with E-state index in [2.05, 4.69) is 20.2 Å². The first-order valence-electron chi connectivity index (χ1n) is 12.7. The van der Waals surface area contributed by atoms with Gasteiger partial charge in [0.2, 0.25) is 0 Å². The molecule has 2 aromatic heterocycles. The minimum absolute atomic E-state index is 0.0450. The highest BCUT2D eigenvalue weighted by Crippen LogP contribution is 2.48. The molecule has 2 aliphatic heterocycles. The van der Waals surface area contributed by atoms with Crippen LogP contribution in [0.2, 0.25) is 0 Å². The molecule has 5 atom stereocenters. The van der Waals surface area contributed by atoms with Crippen molar-refractivity contribution in [2.24, 2.45) is 17.8 Å². The molecule has 3 aliphatic rings. The van der Waals surface area contributed by atoms with Crippen LogP contribution >= 0.6 is 0 Å². The first-order valence-corrected chi connectivity index (χ1v) is 12.7. The summed E-state index contributed by atoms with van der Waals surface area (Å²) in [5.41, 5.74) is -0.919. The maximum absolute atomic E-state index is 13.9. The number of benzene rings is 1. The van der Waals surface area contributed by atoms with Gasteiger partial charge in [0.05, 0.1) is 5.56 Å². The molecular weight excluding hydrogens is 514 g/mol. The molecule has 1 aliphatic carbocycles. The molecule has 38 heavy (non-hydrogen) atoms. The highest BCUT2D eigenvalue weighted by molar-refractivity contribution is 5.37. The molecule has 4 heterocycles. The van der Waals surface area contributed by atoms with E-state index in [1.807, 2.05) is 4.90 Å². The SMILES string of the molecule is Cc1noc(N2C[C@H]3CC[C@@H](C2)C3Cc2nc3n(n2)C(C(F)(F)F)CCC3c2ccccc2C(F)(F)F)n1. The normalized spacial score (nSPS) is 27.6. The van der Waals surface area contributed by atoms with Crippen molar-refractivity contribution in [3.63, 3.8) is 0 Å². The van der Waals surface area contributed by atoms with Gasteiger partial charge in [-0.1, -0.05) is 23.4 Å². The smallest absolute Gasteiger partial charge is 0.324 e. The van der Waals surface area contributed by atoms with Crippen LogP contribution in [-0.4, -0.2) is 44.2 Å². The molecule has 0 amide bonds. The van der Waals surface area contributed by atoms with Crippen LogP contribution in [0.15, 0.2) is 28.8 Å². The van der Waals surface area contributed by atoms with Crippen LogP contribution in [0.3, 0.4) is 0 Å². The molecule has 0 N–H and O–H groups in total. The predicted molar refractivity (Wildman–Crippen MR) is 122 cm³/mol. The number of hydrogen-bond donors (Lipinski definition) is 0. The van der Waals surface area contributed by atoms with E-state index in [1.54, 1.807) is 6.92 Å². The predicted octanol–water partition coefficient (Wildman–Crippen LogP) is 5.72. The maximum atomic E-state index is 13.9. The minimum atomic E-state index is -4.63. The molecule has 3 unspecified atom stereocenters. The number of nitrogens with zero attached hydrogens (tertiary/aromatic N) is 6. The van der Waals surface area contributed by atoms with Crippen molar-refractivity contribution >= 4 is 6.01 Å². The summed E-state index contributed by atoms with van der Waals surface area (Å²) in [7, 11) is 0. The van der Waals surface area contributed by atoms with Crippen LogP contribution < -0.4 is 4.90 Å². The zero-order valence-corrected chi connectivity index (χ0v) is 20.5. The molecule has 2 fully saturated rings. The Morgan fingerprint density at radius 1 is 0.947 bits per heavy atom. The highest BCUT2D eigenvalue weighted by Gasteiger charge is 2.49. The van der Waals surface area contributed by atoms with Gasteiger partial charge in [-0.3, -0.25) is 0 Å². The highest BCUT2D eigenvalue weighted by atomic mass is 19.4. The van der Waals surface area contributed by atoms with Gasteiger partial charge in [0.25, 0.3) is 0 Å². The van der Waals surface area contributed by atoms with Crippen molar-refractivity contribution in [3.8, 4) is 0 Å². The van der Waals surface area contributed by atoms with Gasteiger partial charge in [0.1, 0.15) is 11.9 Å². The molecular formula is C25H26F6N6O. The summed E-state index contributed by atoms with van der Waals surface area (Å²) < 4.78 is 89.3. The average Bonchev–Trinajstić information content (AvgIpc) is 3.53. The van der Waals surface area contributed by atoms with Gasteiger partial charge in [-0.25, -0.2) is 9.67 Å². The molecule has 1 aromatic carbocycles. The van der Waals surface area contributed by atoms with Crippen molar-refractivity contribution in [3.05, 3.63) is 52.9 Å². The second kappa shape index (κ2) is 8.98. The molecule has 1 saturated carbocycles. The average molecular weight is 541 g/mol. The second-order valence-corrected chi connectivity index (χ2v) is 10.6. The lowest BCUT2D eigenvalue weighted by Gasteiger charge is -2.36. The number of fused-ring (bicyclic) bond motifs is 3. The number of alkyl halides is 6. The summed E-state index contributed by atoms with van der Waals surface area (Å²) in [6.07, 6.45) is -7.37. The third-order valence-electron chi connectivity index (χ3n) is 8.29. The molecule has 3 aromatic rings. The Balaban J connectivity index is 1.30. The van der Waals surface area contributed by atoms with E-state index in [9.17, 15) is 26.3 Å². The topological polar surface area (TPSA) is 72.9 Å². The van der Waals surface area contributed by atoms with Crippen molar-refractivity contribution in [1.29, 1.82) is 0 Å². The molecule has 1 saturated heterocycles. The van der Waals surface area contributed by atoms with Crippen LogP contribution in [0.1, 0.15) is 66.2 Å². The summed E-state index contributed by atoms with van der Waals surface area (Å²) in [4.78, 5) is 10.9. The van der Waals surface area contributed by atoms with Gasteiger partial charge in [0.15, 0.2) is 11.6 Å². The Morgan fingerprint density at radius 2 is 1.66 bits per heavy atom. The van der Waals surface area contributed by atoms with Crippen molar-refractivity contribution in [1.82, 2.24) is 24.9 Å². The number of halogens is 6. The Bertz CT molecular complexity index is 1300. The van der Waals surface area contributed by atoms with Crippen molar-refractivity contribution in [2.75, 3.05) is 18.0 Å². The molecule has 13 heteroatoms. The van der Waals surface area contributed by atoms with Crippen LogP contribution in [0, 0.1) is 24.7 Å². The number of anilines is 1. The quantitative estimate of drug-likeness (QED) is 0.394. The number of hydrogen-bond acceptors (Lipinski definition) is 6. The fourth-order valence-electron chi connectivity index (χ4n) is 6.62. The van der Waals surface area contributed by atoms with E-state index in [4.69, 9.17) is 4.52 Å². The first-order chi connectivity index (χ1) is 18.0. The Labute approximate surface area is 214 Å². The van der Waals surface area contributed by atoms with Crippen LogP contribution in [-0.2, 0) is 12.6 Å². The molecule has 0 spiro atoms. The van der Waals surface area contributed by atoms with E-state index >= 15 is 0 Å². The lowest BCUT2D eigenvalue weighted by molar-refractivity contribution is -0.175. The molecule has 204 valence electrons. The fraction of sp³-hybridized carbons (Fsp3) is 0.600. The second-order valence-electron chi connectivity index (χ2n) is 10.6. The Morgan fingerprint density at radius 3 is 2.29 bits per heavy atom. The third-order valence-corrected chi connectivity index (χ3v) is 8.29. The number of aromatic nitrogens is 5. The first kappa shape index (κ1) is 25.2. The van der Waals surface area contributed by atoms with E-state index in [-0.39, 0.29) is 47.8 Å². The lowest BCUT2D eigenvalue weighted by Crippen LogP contribution is -2.43. The summed E-state index contributed by atoms with van der Waals surface area (Å²) in [6.45, 7) is 3.11. The zero-order chi connectivity index (χ0) is 26.8. The Hall–Kier alpha value is -3.12. The summed E-state index contributed by atoms with van der Waals surface area (Å²) in [5.74, 6) is 0.495. The lowest BCUT2D eigenvalue weighted by atomic mass is 9.82. The largest absolute Gasteiger partial charge is 0.416 e. The standard InChI is InChI=1S/C25H26F6N6O/c1-13-32-23(38-35-13)36-11-14-6-7-15(12-36)18(14)10-21-33-22-17(8-9-20(25(29,30)31)37(22)34-21)16-4-2-3-5-19(16)24(26,27)28/h2-5,14-15,17-18,20H,6-12H2,1H3/t14-,15+,17?,18?,20?. The van der Waals surface area contributed by atoms with Crippen LogP contribution in [0.5, 0.6) is 0 Å². The zero-order valence-electron chi connectivity index (χ0n) is 20.5. The number of piperidine rings is 1. The van der Waals surface area contributed by atoms with Crippen LogP contribution in [0.4, 0.5) is 32.4 Å². The molecule has 0 radical (unpaired) electrons.